The number of carboxylic acid groups (broad SMARTS) is 1. The summed E-state index contributed by atoms with van der Waals surface area (Å²) < 4.78 is 5.70. The molecule has 1 fully saturated rings. The number of amides is 1. The van der Waals surface area contributed by atoms with Crippen molar-refractivity contribution in [3.63, 3.8) is 0 Å². The zero-order valence-electron chi connectivity index (χ0n) is 14.5. The number of hydrogen-bond acceptors (Lipinski definition) is 5. The molecule has 6 nitrogen and oxygen atoms in total. The van der Waals surface area contributed by atoms with Crippen LogP contribution in [-0.2, 0) is 6.42 Å². The third-order valence-electron chi connectivity index (χ3n) is 4.94. The first-order chi connectivity index (χ1) is 12.5. The van der Waals surface area contributed by atoms with E-state index in [2.05, 4.69) is 4.98 Å². The summed E-state index contributed by atoms with van der Waals surface area (Å²) in [6, 6.07) is 5.65. The molecule has 1 amide bonds. The second-order valence-electron chi connectivity index (χ2n) is 6.91. The van der Waals surface area contributed by atoms with E-state index in [0.29, 0.717) is 12.1 Å². The molecule has 2 aliphatic heterocycles. The van der Waals surface area contributed by atoms with E-state index in [-0.39, 0.29) is 22.8 Å². The molecule has 1 aromatic heterocycles. The Kier molecular flexibility index (Phi) is 4.40. The fourth-order valence-electron chi connectivity index (χ4n) is 3.68. The van der Waals surface area contributed by atoms with Crippen molar-refractivity contribution in [2.75, 3.05) is 13.1 Å². The fourth-order valence-corrected chi connectivity index (χ4v) is 4.56. The van der Waals surface area contributed by atoms with Crippen LogP contribution < -0.4 is 4.74 Å². The Morgan fingerprint density at radius 2 is 2.23 bits per heavy atom. The van der Waals surface area contributed by atoms with E-state index in [0.717, 1.165) is 42.1 Å². The number of aromatic nitrogens is 1. The summed E-state index contributed by atoms with van der Waals surface area (Å²) in [7, 11) is 0. The van der Waals surface area contributed by atoms with Crippen LogP contribution in [-0.4, -0.2) is 46.1 Å². The molecule has 0 spiro atoms. The lowest BCUT2D eigenvalue weighted by Crippen LogP contribution is -2.39. The number of thiazole rings is 1. The number of carbonyl (C=O) groups excluding carboxylic acids is 1. The molecule has 2 aromatic rings. The molecule has 0 bridgehead atoms. The molecule has 0 aliphatic carbocycles. The van der Waals surface area contributed by atoms with Gasteiger partial charge in [-0.15, -0.1) is 11.3 Å². The van der Waals surface area contributed by atoms with E-state index in [1.54, 1.807) is 0 Å². The number of benzene rings is 1. The number of ether oxygens (including phenoxy) is 1. The first-order valence-corrected chi connectivity index (χ1v) is 9.61. The smallest absolute Gasteiger partial charge is 0.347 e. The molecule has 26 heavy (non-hydrogen) atoms. The normalized spacial score (nSPS) is 22.0. The Morgan fingerprint density at radius 3 is 3.00 bits per heavy atom. The molecular weight excluding hydrogens is 352 g/mol. The molecule has 2 aliphatic rings. The SMILES string of the molecule is CC1Cc2cc(C(=O)N3CCCC(c4ncc(C(=O)O)s4)C3)ccc2O1. The second-order valence-corrected chi connectivity index (χ2v) is 7.98. The Morgan fingerprint density at radius 1 is 1.38 bits per heavy atom. The van der Waals surface area contributed by atoms with Gasteiger partial charge in [0.1, 0.15) is 16.7 Å². The molecule has 3 heterocycles. The molecule has 1 aromatic carbocycles. The van der Waals surface area contributed by atoms with E-state index >= 15 is 0 Å². The van der Waals surface area contributed by atoms with Crippen LogP contribution in [0.3, 0.4) is 0 Å². The topological polar surface area (TPSA) is 79.7 Å². The number of fused-ring (bicyclic) bond motifs is 1. The largest absolute Gasteiger partial charge is 0.490 e. The van der Waals surface area contributed by atoms with Crippen LogP contribution >= 0.6 is 11.3 Å². The third kappa shape index (κ3) is 3.19. The summed E-state index contributed by atoms with van der Waals surface area (Å²) in [6.07, 6.45) is 4.21. The molecule has 0 saturated carbocycles. The summed E-state index contributed by atoms with van der Waals surface area (Å²) in [5.41, 5.74) is 1.77. The molecule has 1 saturated heterocycles. The van der Waals surface area contributed by atoms with Crippen molar-refractivity contribution in [2.24, 2.45) is 0 Å². The maximum absolute atomic E-state index is 12.9. The van der Waals surface area contributed by atoms with Crippen LogP contribution in [0.25, 0.3) is 0 Å². The number of piperidine rings is 1. The van der Waals surface area contributed by atoms with Gasteiger partial charge in [0.15, 0.2) is 0 Å². The van der Waals surface area contributed by atoms with Gasteiger partial charge in [-0.2, -0.15) is 0 Å². The van der Waals surface area contributed by atoms with Gasteiger partial charge in [0.2, 0.25) is 0 Å². The zero-order chi connectivity index (χ0) is 18.3. The predicted octanol–water partition coefficient (Wildman–Crippen LogP) is 3.18. The Hall–Kier alpha value is -2.41. The van der Waals surface area contributed by atoms with Gasteiger partial charge in [0.05, 0.1) is 11.2 Å². The summed E-state index contributed by atoms with van der Waals surface area (Å²) in [5.74, 6) is 0.0392. The van der Waals surface area contributed by atoms with Crippen LogP contribution in [0.2, 0.25) is 0 Å². The fraction of sp³-hybridized carbons (Fsp3) is 0.421. The van der Waals surface area contributed by atoms with Crippen molar-refractivity contribution in [3.05, 3.63) is 45.4 Å². The van der Waals surface area contributed by atoms with E-state index in [9.17, 15) is 9.59 Å². The molecule has 1 N–H and O–H groups in total. The number of likely N-dealkylation sites (tertiary alicyclic amines) is 1. The summed E-state index contributed by atoms with van der Waals surface area (Å²) >= 11 is 1.21. The van der Waals surface area contributed by atoms with Crippen LogP contribution in [0, 0.1) is 0 Å². The number of nitrogens with zero attached hydrogens (tertiary/aromatic N) is 2. The Balaban J connectivity index is 1.50. The maximum Gasteiger partial charge on any atom is 0.347 e. The predicted molar refractivity (Wildman–Crippen MR) is 97.2 cm³/mol. The van der Waals surface area contributed by atoms with Gasteiger partial charge in [0.25, 0.3) is 5.91 Å². The molecule has 7 heteroatoms. The monoisotopic (exact) mass is 372 g/mol. The lowest BCUT2D eigenvalue weighted by molar-refractivity contribution is 0.0695. The average Bonchev–Trinajstić information content (AvgIpc) is 3.26. The van der Waals surface area contributed by atoms with Crippen molar-refractivity contribution >= 4 is 23.2 Å². The minimum Gasteiger partial charge on any atom is -0.490 e. The second kappa shape index (κ2) is 6.72. The lowest BCUT2D eigenvalue weighted by atomic mass is 9.97. The quantitative estimate of drug-likeness (QED) is 0.895. The van der Waals surface area contributed by atoms with Crippen LogP contribution in [0.1, 0.15) is 56.3 Å². The van der Waals surface area contributed by atoms with Gasteiger partial charge < -0.3 is 14.7 Å². The molecule has 136 valence electrons. The maximum atomic E-state index is 12.9. The van der Waals surface area contributed by atoms with Gasteiger partial charge in [-0.05, 0) is 43.5 Å². The number of carbonyl (C=O) groups is 2. The number of carboxylic acids is 1. The number of hydrogen-bond donors (Lipinski definition) is 1. The first kappa shape index (κ1) is 17.0. The lowest BCUT2D eigenvalue weighted by Gasteiger charge is -2.32. The van der Waals surface area contributed by atoms with Crippen LogP contribution in [0.15, 0.2) is 24.4 Å². The van der Waals surface area contributed by atoms with Gasteiger partial charge in [-0.3, -0.25) is 4.79 Å². The zero-order valence-corrected chi connectivity index (χ0v) is 15.3. The molecular formula is C19H20N2O4S. The van der Waals surface area contributed by atoms with Gasteiger partial charge in [-0.25, -0.2) is 9.78 Å². The van der Waals surface area contributed by atoms with Crippen LogP contribution in [0.5, 0.6) is 5.75 Å². The molecule has 4 rings (SSSR count). The highest BCUT2D eigenvalue weighted by Crippen LogP contribution is 2.32. The number of aromatic carboxylic acids is 1. The first-order valence-electron chi connectivity index (χ1n) is 8.79. The van der Waals surface area contributed by atoms with Crippen molar-refractivity contribution in [3.8, 4) is 5.75 Å². The van der Waals surface area contributed by atoms with Crippen molar-refractivity contribution in [1.29, 1.82) is 0 Å². The Labute approximate surface area is 155 Å². The highest BCUT2D eigenvalue weighted by atomic mass is 32.1. The average molecular weight is 372 g/mol. The van der Waals surface area contributed by atoms with Gasteiger partial charge in [-0.1, -0.05) is 0 Å². The minimum atomic E-state index is -0.952. The number of rotatable bonds is 3. The summed E-state index contributed by atoms with van der Waals surface area (Å²) in [4.78, 5) is 30.4. The van der Waals surface area contributed by atoms with Crippen molar-refractivity contribution in [1.82, 2.24) is 9.88 Å². The van der Waals surface area contributed by atoms with Gasteiger partial charge in [0, 0.05) is 31.0 Å². The minimum absolute atomic E-state index is 0.0204. The van der Waals surface area contributed by atoms with Crippen molar-refractivity contribution in [2.45, 2.75) is 38.2 Å². The Bertz CT molecular complexity index is 863. The van der Waals surface area contributed by atoms with Gasteiger partial charge >= 0.3 is 5.97 Å². The van der Waals surface area contributed by atoms with Crippen LogP contribution in [0.4, 0.5) is 0 Å². The molecule has 0 radical (unpaired) electrons. The van der Waals surface area contributed by atoms with E-state index < -0.39 is 5.97 Å². The summed E-state index contributed by atoms with van der Waals surface area (Å²) in [6.45, 7) is 3.32. The van der Waals surface area contributed by atoms with Crippen molar-refractivity contribution < 1.29 is 19.4 Å². The van der Waals surface area contributed by atoms with E-state index in [1.807, 2.05) is 30.0 Å². The van der Waals surface area contributed by atoms with E-state index in [4.69, 9.17) is 9.84 Å². The molecule has 2 unspecified atom stereocenters. The third-order valence-corrected chi connectivity index (χ3v) is 6.08. The van der Waals surface area contributed by atoms with E-state index in [1.165, 1.54) is 17.5 Å². The summed E-state index contributed by atoms with van der Waals surface area (Å²) in [5, 5.41) is 9.88. The highest BCUT2D eigenvalue weighted by molar-refractivity contribution is 7.13. The standard InChI is InChI=1S/C19H20N2O4S/c1-11-7-14-8-12(4-5-15(14)25-11)18(22)21-6-2-3-13(10-21)17-20-9-16(26-17)19(23)24/h4-5,8-9,11,13H,2-3,6-7,10H2,1H3,(H,23,24). The molecule has 2 atom stereocenters. The highest BCUT2D eigenvalue weighted by Gasteiger charge is 2.29.